The van der Waals surface area contributed by atoms with Gasteiger partial charge in [-0.15, -0.1) is 0 Å². The third-order valence-electron chi connectivity index (χ3n) is 3.44. The minimum atomic E-state index is -0.890. The topological polar surface area (TPSA) is 93.5 Å². The smallest absolute Gasteiger partial charge is 0.279 e. The standard InChI is InChI=1S/C17H20FN3O4/c1-9(2)15-14(10(3)21-25-15)17(23)20-19-16(22)11(4)24-13-7-5-12(18)6-8-13/h5-9,11H,1-4H3,(H,19,22)(H,20,23). The highest BCUT2D eigenvalue weighted by Gasteiger charge is 2.23. The van der Waals surface area contributed by atoms with Gasteiger partial charge in [0, 0.05) is 5.92 Å². The van der Waals surface area contributed by atoms with Crippen molar-refractivity contribution in [3.05, 3.63) is 47.1 Å². The third kappa shape index (κ3) is 4.56. The Hall–Kier alpha value is -2.90. The molecule has 1 unspecified atom stereocenters. The van der Waals surface area contributed by atoms with Crippen LogP contribution in [-0.4, -0.2) is 23.1 Å². The number of rotatable bonds is 5. The minimum absolute atomic E-state index is 0.0293. The lowest BCUT2D eigenvalue weighted by Crippen LogP contribution is -2.47. The van der Waals surface area contributed by atoms with Gasteiger partial charge in [0.1, 0.15) is 17.1 Å². The van der Waals surface area contributed by atoms with Crippen molar-refractivity contribution in [3.8, 4) is 5.75 Å². The number of nitrogens with zero attached hydrogens (tertiary/aromatic N) is 1. The second-order valence-corrected chi connectivity index (χ2v) is 5.82. The van der Waals surface area contributed by atoms with Crippen LogP contribution in [0.15, 0.2) is 28.8 Å². The molecular formula is C17H20FN3O4. The van der Waals surface area contributed by atoms with Crippen LogP contribution in [0.4, 0.5) is 4.39 Å². The maximum absolute atomic E-state index is 12.9. The van der Waals surface area contributed by atoms with Gasteiger partial charge >= 0.3 is 0 Å². The van der Waals surface area contributed by atoms with Crippen molar-refractivity contribution in [2.24, 2.45) is 0 Å². The number of benzene rings is 1. The molecule has 0 aliphatic heterocycles. The van der Waals surface area contributed by atoms with Crippen molar-refractivity contribution in [2.45, 2.75) is 39.7 Å². The number of amides is 2. The predicted octanol–water partition coefficient (Wildman–Crippen LogP) is 2.47. The van der Waals surface area contributed by atoms with Gasteiger partial charge in [-0.05, 0) is 38.1 Å². The highest BCUT2D eigenvalue weighted by molar-refractivity contribution is 5.97. The van der Waals surface area contributed by atoms with E-state index in [2.05, 4.69) is 16.0 Å². The Bertz CT molecular complexity index is 756. The van der Waals surface area contributed by atoms with E-state index in [1.165, 1.54) is 31.2 Å². The van der Waals surface area contributed by atoms with Gasteiger partial charge < -0.3 is 9.26 Å². The van der Waals surface area contributed by atoms with Gasteiger partial charge in [0.25, 0.3) is 11.8 Å². The van der Waals surface area contributed by atoms with E-state index in [0.29, 0.717) is 22.8 Å². The zero-order valence-electron chi connectivity index (χ0n) is 14.4. The second kappa shape index (κ2) is 7.78. The normalized spacial score (nSPS) is 11.9. The highest BCUT2D eigenvalue weighted by atomic mass is 19.1. The minimum Gasteiger partial charge on any atom is -0.481 e. The van der Waals surface area contributed by atoms with Gasteiger partial charge in [0.2, 0.25) is 0 Å². The number of hydrogen-bond acceptors (Lipinski definition) is 5. The Labute approximate surface area is 144 Å². The SMILES string of the molecule is Cc1noc(C(C)C)c1C(=O)NNC(=O)C(C)Oc1ccc(F)cc1. The fraction of sp³-hybridized carbons (Fsp3) is 0.353. The zero-order valence-corrected chi connectivity index (χ0v) is 14.4. The van der Waals surface area contributed by atoms with E-state index in [9.17, 15) is 14.0 Å². The van der Waals surface area contributed by atoms with Gasteiger partial charge in [0.05, 0.1) is 5.69 Å². The van der Waals surface area contributed by atoms with E-state index in [-0.39, 0.29) is 5.92 Å². The third-order valence-corrected chi connectivity index (χ3v) is 3.44. The largest absolute Gasteiger partial charge is 0.481 e. The van der Waals surface area contributed by atoms with Gasteiger partial charge in [-0.3, -0.25) is 20.4 Å². The van der Waals surface area contributed by atoms with Crippen LogP contribution < -0.4 is 15.6 Å². The van der Waals surface area contributed by atoms with Crippen LogP contribution in [0.5, 0.6) is 5.75 Å². The molecule has 1 atom stereocenters. The molecule has 1 aromatic carbocycles. The number of hydrazine groups is 1. The van der Waals surface area contributed by atoms with E-state index < -0.39 is 23.7 Å². The molecule has 7 nitrogen and oxygen atoms in total. The van der Waals surface area contributed by atoms with Crippen molar-refractivity contribution in [2.75, 3.05) is 0 Å². The summed E-state index contributed by atoms with van der Waals surface area (Å²) < 4.78 is 23.4. The molecule has 2 N–H and O–H groups in total. The Balaban J connectivity index is 1.94. The number of nitrogens with one attached hydrogen (secondary N) is 2. The van der Waals surface area contributed by atoms with Crippen LogP contribution in [0.1, 0.15) is 48.5 Å². The van der Waals surface area contributed by atoms with Gasteiger partial charge in [0.15, 0.2) is 11.9 Å². The monoisotopic (exact) mass is 349 g/mol. The maximum Gasteiger partial charge on any atom is 0.279 e. The van der Waals surface area contributed by atoms with Gasteiger partial charge in [-0.2, -0.15) is 0 Å². The molecule has 8 heteroatoms. The Morgan fingerprint density at radius 1 is 1.16 bits per heavy atom. The van der Waals surface area contributed by atoms with E-state index in [0.717, 1.165) is 0 Å². The number of aryl methyl sites for hydroxylation is 1. The number of carbonyl (C=O) groups is 2. The molecule has 1 heterocycles. The Morgan fingerprint density at radius 2 is 1.80 bits per heavy atom. The summed E-state index contributed by atoms with van der Waals surface area (Å²) in [7, 11) is 0. The second-order valence-electron chi connectivity index (χ2n) is 5.82. The summed E-state index contributed by atoms with van der Waals surface area (Å²) in [5.74, 6) is -0.727. The van der Waals surface area contributed by atoms with Crippen LogP contribution >= 0.6 is 0 Å². The molecule has 25 heavy (non-hydrogen) atoms. The maximum atomic E-state index is 12.9. The molecule has 0 fully saturated rings. The summed E-state index contributed by atoms with van der Waals surface area (Å²) >= 11 is 0. The number of halogens is 1. The van der Waals surface area contributed by atoms with Crippen LogP contribution in [-0.2, 0) is 4.79 Å². The predicted molar refractivity (Wildman–Crippen MR) is 87.4 cm³/mol. The van der Waals surface area contributed by atoms with Gasteiger partial charge in [-0.25, -0.2) is 4.39 Å². The van der Waals surface area contributed by atoms with E-state index >= 15 is 0 Å². The lowest BCUT2D eigenvalue weighted by atomic mass is 10.1. The van der Waals surface area contributed by atoms with Crippen LogP contribution in [0.25, 0.3) is 0 Å². The number of carbonyl (C=O) groups excluding carboxylic acids is 2. The first-order valence-corrected chi connectivity index (χ1v) is 7.78. The molecule has 0 spiro atoms. The Morgan fingerprint density at radius 3 is 2.40 bits per heavy atom. The van der Waals surface area contributed by atoms with Crippen molar-refractivity contribution in [3.63, 3.8) is 0 Å². The number of ether oxygens (including phenoxy) is 1. The molecule has 2 aromatic rings. The molecule has 1 aromatic heterocycles. The first-order chi connectivity index (χ1) is 11.8. The van der Waals surface area contributed by atoms with Gasteiger partial charge in [-0.1, -0.05) is 19.0 Å². The van der Waals surface area contributed by atoms with Crippen molar-refractivity contribution < 1.29 is 23.2 Å². The van der Waals surface area contributed by atoms with Crippen molar-refractivity contribution in [1.82, 2.24) is 16.0 Å². The summed E-state index contributed by atoms with van der Waals surface area (Å²) in [6, 6.07) is 5.27. The zero-order chi connectivity index (χ0) is 18.6. The molecule has 0 radical (unpaired) electrons. The molecule has 134 valence electrons. The number of aromatic nitrogens is 1. The lowest BCUT2D eigenvalue weighted by molar-refractivity contribution is -0.128. The number of hydrogen-bond donors (Lipinski definition) is 2. The molecule has 0 saturated heterocycles. The summed E-state index contributed by atoms with van der Waals surface area (Å²) in [5.41, 5.74) is 5.34. The van der Waals surface area contributed by atoms with Crippen LogP contribution in [0.2, 0.25) is 0 Å². The van der Waals surface area contributed by atoms with Crippen LogP contribution in [0, 0.1) is 12.7 Å². The summed E-state index contributed by atoms with van der Waals surface area (Å²) in [6.45, 7) is 6.89. The fourth-order valence-corrected chi connectivity index (χ4v) is 2.11. The molecule has 0 saturated carbocycles. The molecule has 0 aliphatic rings. The molecular weight excluding hydrogens is 329 g/mol. The lowest BCUT2D eigenvalue weighted by Gasteiger charge is -2.15. The first-order valence-electron chi connectivity index (χ1n) is 7.78. The van der Waals surface area contributed by atoms with E-state index in [1.807, 2.05) is 13.8 Å². The average Bonchev–Trinajstić information content (AvgIpc) is 2.96. The molecule has 2 amide bonds. The fourth-order valence-electron chi connectivity index (χ4n) is 2.11. The molecule has 2 rings (SSSR count). The summed E-state index contributed by atoms with van der Waals surface area (Å²) in [4.78, 5) is 24.3. The average molecular weight is 349 g/mol. The van der Waals surface area contributed by atoms with E-state index in [4.69, 9.17) is 9.26 Å². The summed E-state index contributed by atoms with van der Waals surface area (Å²) in [5, 5.41) is 3.78. The van der Waals surface area contributed by atoms with Crippen LogP contribution in [0.3, 0.4) is 0 Å². The first kappa shape index (κ1) is 18.4. The van der Waals surface area contributed by atoms with E-state index in [1.54, 1.807) is 6.92 Å². The van der Waals surface area contributed by atoms with Crippen molar-refractivity contribution >= 4 is 11.8 Å². The summed E-state index contributed by atoms with van der Waals surface area (Å²) in [6.07, 6.45) is -0.890. The quantitative estimate of drug-likeness (QED) is 0.809. The Kier molecular flexibility index (Phi) is 5.74. The molecule has 0 bridgehead atoms. The highest BCUT2D eigenvalue weighted by Crippen LogP contribution is 2.21. The molecule has 0 aliphatic carbocycles. The van der Waals surface area contributed by atoms with Crippen molar-refractivity contribution in [1.29, 1.82) is 0 Å².